The van der Waals surface area contributed by atoms with Crippen molar-refractivity contribution in [3.05, 3.63) is 104 Å². The first-order valence-electron chi connectivity index (χ1n) is 14.0. The highest BCUT2D eigenvalue weighted by atomic mass is 35.5. The van der Waals surface area contributed by atoms with Gasteiger partial charge in [0.25, 0.3) is 0 Å². The maximum atomic E-state index is 14.3. The number of hydrogen-bond donors (Lipinski definition) is 0. The van der Waals surface area contributed by atoms with E-state index in [0.29, 0.717) is 22.8 Å². The SMILES string of the molecule is COC(=O)CSc1cc(/N=c2\sc(=O)n3n2CCCC3)c(F)cc1Cl.Cn1c(-c2ccccc2)cc(-c2ccccc2)[n+]1C. The van der Waals surface area contributed by atoms with E-state index in [2.05, 4.69) is 87.8 Å². The standard InChI is InChI=1S/C17H17N2.C15H15ClFN3O3S2/c1-18-16(14-9-5-3-6-10-14)13-17(19(18)2)15-11-7-4-8-12-15;1-23-13(21)8-24-12-7-11(10(17)6-9(12)16)18-14-19-4-2-3-5-20(19)15(22)25-14/h3-13H,1-2H3;6-7H,2-5,8H2,1H3/q+1;/b;18-14-. The van der Waals surface area contributed by atoms with Crippen LogP contribution in [0.3, 0.4) is 0 Å². The third-order valence-corrected chi connectivity index (χ3v) is 9.57. The topological polar surface area (TPSA) is 74.4 Å². The predicted molar refractivity (Wildman–Crippen MR) is 173 cm³/mol. The zero-order valence-corrected chi connectivity index (χ0v) is 27.0. The highest BCUT2D eigenvalue weighted by Gasteiger charge is 2.19. The van der Waals surface area contributed by atoms with Crippen LogP contribution >= 0.6 is 34.7 Å². The van der Waals surface area contributed by atoms with E-state index in [1.165, 1.54) is 35.7 Å². The van der Waals surface area contributed by atoms with Crippen molar-refractivity contribution in [2.45, 2.75) is 30.8 Å². The molecule has 0 fully saturated rings. The summed E-state index contributed by atoms with van der Waals surface area (Å²) in [7, 11) is 5.48. The number of carbonyl (C=O) groups excluding carboxylic acids is 1. The quantitative estimate of drug-likeness (QED) is 0.129. The molecule has 6 rings (SSSR count). The molecule has 0 amide bonds. The van der Waals surface area contributed by atoms with Gasteiger partial charge in [-0.1, -0.05) is 60.1 Å². The van der Waals surface area contributed by atoms with E-state index in [-0.39, 0.29) is 21.3 Å². The van der Waals surface area contributed by atoms with Gasteiger partial charge in [0, 0.05) is 35.2 Å². The van der Waals surface area contributed by atoms with Gasteiger partial charge < -0.3 is 4.74 Å². The summed E-state index contributed by atoms with van der Waals surface area (Å²) >= 11 is 8.17. The number of benzene rings is 3. The molecule has 0 saturated carbocycles. The Bertz CT molecular complexity index is 1840. The van der Waals surface area contributed by atoms with Crippen LogP contribution in [0.5, 0.6) is 0 Å². The number of methoxy groups -OCH3 is 1. The first-order valence-corrected chi connectivity index (χ1v) is 16.2. The van der Waals surface area contributed by atoms with Gasteiger partial charge in [0.2, 0.25) is 10.5 Å². The average Bonchev–Trinajstić information content (AvgIpc) is 3.53. The molecule has 0 N–H and O–H groups in total. The summed E-state index contributed by atoms with van der Waals surface area (Å²) in [6.45, 7) is 1.32. The number of halogens is 2. The summed E-state index contributed by atoms with van der Waals surface area (Å²) in [5.41, 5.74) is 5.01. The number of nitrogens with zero attached hydrogens (tertiary/aromatic N) is 5. The number of fused-ring (bicyclic) bond motifs is 1. The van der Waals surface area contributed by atoms with Crippen LogP contribution in [-0.4, -0.2) is 32.9 Å². The second-order valence-electron chi connectivity index (χ2n) is 10.0. The van der Waals surface area contributed by atoms with Crippen LogP contribution in [0.25, 0.3) is 22.5 Å². The van der Waals surface area contributed by atoms with Crippen LogP contribution in [0.2, 0.25) is 5.02 Å². The molecular weight excluding hydrogens is 621 g/mol. The highest BCUT2D eigenvalue weighted by Crippen LogP contribution is 2.33. The smallest absolute Gasteiger partial charge is 0.325 e. The largest absolute Gasteiger partial charge is 0.468 e. The summed E-state index contributed by atoms with van der Waals surface area (Å²) < 4.78 is 26.6. The molecule has 228 valence electrons. The Morgan fingerprint density at radius 2 is 1.66 bits per heavy atom. The molecule has 2 aromatic heterocycles. The summed E-state index contributed by atoms with van der Waals surface area (Å²) in [4.78, 5) is 28.5. The van der Waals surface area contributed by atoms with Crippen LogP contribution < -0.4 is 14.4 Å². The van der Waals surface area contributed by atoms with E-state index in [1.54, 1.807) is 9.36 Å². The maximum Gasteiger partial charge on any atom is 0.325 e. The van der Waals surface area contributed by atoms with Gasteiger partial charge >= 0.3 is 10.8 Å². The van der Waals surface area contributed by atoms with E-state index in [1.807, 2.05) is 12.1 Å². The van der Waals surface area contributed by atoms with Gasteiger partial charge in [-0.15, -0.1) is 16.4 Å². The fourth-order valence-corrected chi connectivity index (χ4v) is 6.82. The Labute approximate surface area is 267 Å². The van der Waals surface area contributed by atoms with E-state index in [4.69, 9.17) is 11.6 Å². The predicted octanol–water partition coefficient (Wildman–Crippen LogP) is 5.98. The van der Waals surface area contributed by atoms with Gasteiger partial charge in [-0.2, -0.15) is 4.68 Å². The molecule has 0 bridgehead atoms. The molecule has 1 aliphatic rings. The first kappa shape index (κ1) is 31.5. The Balaban J connectivity index is 0.000000181. The average molecular weight is 653 g/mol. The lowest BCUT2D eigenvalue weighted by Gasteiger charge is -2.15. The van der Waals surface area contributed by atoms with Crippen LogP contribution in [-0.2, 0) is 36.7 Å². The molecule has 1 aliphatic heterocycles. The molecule has 3 aromatic carbocycles. The Kier molecular flexibility index (Phi) is 10.2. The normalized spacial score (nSPS) is 12.8. The van der Waals surface area contributed by atoms with Crippen molar-refractivity contribution in [3.8, 4) is 22.5 Å². The fraction of sp³-hybridized carbons (Fsp3) is 0.250. The number of carbonyl (C=O) groups is 1. The number of ether oxygens (including phenoxy) is 1. The van der Waals surface area contributed by atoms with Crippen LogP contribution in [0.15, 0.2) is 93.5 Å². The van der Waals surface area contributed by atoms with Gasteiger partial charge in [-0.25, -0.2) is 14.1 Å². The molecule has 0 aliphatic carbocycles. The second kappa shape index (κ2) is 14.2. The van der Waals surface area contributed by atoms with Gasteiger partial charge in [-0.3, -0.25) is 14.3 Å². The van der Waals surface area contributed by atoms with Gasteiger partial charge in [0.1, 0.15) is 17.2 Å². The summed E-state index contributed by atoms with van der Waals surface area (Å²) in [5.74, 6) is -0.923. The molecule has 8 nitrogen and oxygen atoms in total. The molecule has 0 atom stereocenters. The number of thioether (sulfide) groups is 1. The molecule has 0 spiro atoms. The second-order valence-corrected chi connectivity index (χ2v) is 12.4. The van der Waals surface area contributed by atoms with Crippen molar-refractivity contribution in [2.24, 2.45) is 19.1 Å². The lowest BCUT2D eigenvalue weighted by atomic mass is 10.1. The van der Waals surface area contributed by atoms with Crippen molar-refractivity contribution in [1.29, 1.82) is 0 Å². The lowest BCUT2D eigenvalue weighted by molar-refractivity contribution is -0.740. The van der Waals surface area contributed by atoms with Gasteiger partial charge in [0.15, 0.2) is 7.05 Å². The van der Waals surface area contributed by atoms with Gasteiger partial charge in [-0.05, 0) is 48.4 Å². The Hall–Kier alpha value is -3.93. The summed E-state index contributed by atoms with van der Waals surface area (Å²) in [6, 6.07) is 25.8. The molecule has 0 saturated heterocycles. The van der Waals surface area contributed by atoms with Crippen molar-refractivity contribution in [3.63, 3.8) is 0 Å². The molecule has 3 heterocycles. The van der Waals surface area contributed by atoms with E-state index in [0.717, 1.165) is 42.0 Å². The third-order valence-electron chi connectivity index (χ3n) is 7.24. The van der Waals surface area contributed by atoms with Crippen molar-refractivity contribution in [1.82, 2.24) is 14.0 Å². The molecule has 12 heteroatoms. The minimum atomic E-state index is -0.580. The van der Waals surface area contributed by atoms with E-state index in [9.17, 15) is 14.0 Å². The van der Waals surface area contributed by atoms with Crippen LogP contribution in [0.4, 0.5) is 10.1 Å². The monoisotopic (exact) mass is 652 g/mol. The number of hydrogen-bond acceptors (Lipinski definition) is 6. The summed E-state index contributed by atoms with van der Waals surface area (Å²) in [5, 5.41) is 0.199. The first-order chi connectivity index (χ1) is 21.3. The van der Waals surface area contributed by atoms with E-state index < -0.39 is 11.8 Å². The molecule has 5 aromatic rings. The lowest BCUT2D eigenvalue weighted by Crippen LogP contribution is -2.39. The zero-order chi connectivity index (χ0) is 31.2. The van der Waals surface area contributed by atoms with Crippen molar-refractivity contribution in [2.75, 3.05) is 12.9 Å². The Morgan fingerprint density at radius 1 is 1.02 bits per heavy atom. The fourth-order valence-electron chi connectivity index (χ4n) is 4.83. The third kappa shape index (κ3) is 7.06. The molecule has 44 heavy (non-hydrogen) atoms. The van der Waals surface area contributed by atoms with Crippen LogP contribution in [0.1, 0.15) is 12.8 Å². The maximum absolute atomic E-state index is 14.3. The van der Waals surface area contributed by atoms with Crippen molar-refractivity contribution < 1.29 is 18.6 Å². The van der Waals surface area contributed by atoms with Gasteiger partial charge in [0.05, 0.1) is 24.9 Å². The number of rotatable bonds is 6. The minimum Gasteiger partial charge on any atom is -0.468 e. The Morgan fingerprint density at radius 3 is 2.32 bits per heavy atom. The minimum absolute atomic E-state index is 0.0605. The number of aromatic nitrogens is 4. The highest BCUT2D eigenvalue weighted by molar-refractivity contribution is 8.00. The number of esters is 1. The van der Waals surface area contributed by atoms with Crippen molar-refractivity contribution >= 4 is 46.4 Å². The molecular formula is C32H32ClFN5O3S2+. The molecule has 0 radical (unpaired) electrons. The van der Waals surface area contributed by atoms with Crippen LogP contribution in [0, 0.1) is 5.82 Å². The zero-order valence-electron chi connectivity index (χ0n) is 24.6. The molecule has 0 unspecified atom stereocenters. The van der Waals surface area contributed by atoms with E-state index >= 15 is 0 Å². The summed E-state index contributed by atoms with van der Waals surface area (Å²) in [6.07, 6.45) is 1.90.